The van der Waals surface area contributed by atoms with Crippen molar-refractivity contribution in [2.75, 3.05) is 26.2 Å². The van der Waals surface area contributed by atoms with E-state index >= 15 is 0 Å². The minimum Gasteiger partial charge on any atom is -0.314 e. The molecule has 1 heterocycles. The fourth-order valence-electron chi connectivity index (χ4n) is 2.23. The third kappa shape index (κ3) is 4.95. The minimum atomic E-state index is -4.53. The van der Waals surface area contributed by atoms with Crippen molar-refractivity contribution in [2.45, 2.75) is 12.2 Å². The van der Waals surface area contributed by atoms with Gasteiger partial charge in [0.05, 0.1) is 0 Å². The number of hydrogen-bond donors (Lipinski definition) is 1. The summed E-state index contributed by atoms with van der Waals surface area (Å²) in [5.41, 5.74) is -0.270. The van der Waals surface area contributed by atoms with E-state index in [1.807, 2.05) is 0 Å². The largest absolute Gasteiger partial charge is 0.408 e. The van der Waals surface area contributed by atoms with Crippen LogP contribution in [0.5, 0.6) is 0 Å². The van der Waals surface area contributed by atoms with E-state index in [4.69, 9.17) is 0 Å². The van der Waals surface area contributed by atoms with E-state index < -0.39 is 23.9 Å². The summed E-state index contributed by atoms with van der Waals surface area (Å²) < 4.78 is 65.4. The van der Waals surface area contributed by atoms with Crippen LogP contribution in [-0.2, 0) is 0 Å². The Kier molecular flexibility index (Phi) is 7.88. The number of alkyl halides is 3. The van der Waals surface area contributed by atoms with Gasteiger partial charge in [-0.05, 0) is 17.7 Å². The highest BCUT2D eigenvalue weighted by Gasteiger charge is 2.45. The molecule has 1 aliphatic rings. The molecule has 1 aromatic rings. The number of hydrogen-bond acceptors (Lipinski definition) is 2. The molecule has 0 aliphatic carbocycles. The van der Waals surface area contributed by atoms with Crippen molar-refractivity contribution in [1.82, 2.24) is 10.2 Å². The van der Waals surface area contributed by atoms with Crippen molar-refractivity contribution in [3.05, 3.63) is 35.4 Å². The molecule has 1 N–H and O–H groups in total. The van der Waals surface area contributed by atoms with Gasteiger partial charge in [0, 0.05) is 26.2 Å². The Morgan fingerprint density at radius 2 is 1.57 bits per heavy atom. The molecule has 0 aromatic heterocycles. The van der Waals surface area contributed by atoms with Gasteiger partial charge < -0.3 is 5.32 Å². The summed E-state index contributed by atoms with van der Waals surface area (Å²) >= 11 is 0. The normalized spacial score (nSPS) is 17.6. The van der Waals surface area contributed by atoms with Crippen molar-refractivity contribution in [2.24, 2.45) is 0 Å². The van der Waals surface area contributed by atoms with Gasteiger partial charge in [-0.1, -0.05) is 6.07 Å². The lowest BCUT2D eigenvalue weighted by atomic mass is 10.0. The van der Waals surface area contributed by atoms with Gasteiger partial charge in [-0.3, -0.25) is 4.90 Å². The van der Waals surface area contributed by atoms with E-state index in [9.17, 15) is 22.0 Å². The molecule has 0 spiro atoms. The highest BCUT2D eigenvalue weighted by molar-refractivity contribution is 5.85. The van der Waals surface area contributed by atoms with Crippen LogP contribution in [0.3, 0.4) is 0 Å². The van der Waals surface area contributed by atoms with E-state index in [0.29, 0.717) is 19.2 Å². The summed E-state index contributed by atoms with van der Waals surface area (Å²) in [5.74, 6) is -2.41. The molecule has 0 unspecified atom stereocenters. The molecule has 0 radical (unpaired) electrons. The first-order chi connectivity index (χ1) is 8.89. The zero-order valence-corrected chi connectivity index (χ0v) is 12.4. The predicted octanol–water partition coefficient (Wildman–Crippen LogP) is 3.32. The van der Waals surface area contributed by atoms with Gasteiger partial charge in [0.25, 0.3) is 0 Å². The number of rotatable bonds is 2. The topological polar surface area (TPSA) is 15.3 Å². The van der Waals surface area contributed by atoms with Crippen LogP contribution in [0.2, 0.25) is 0 Å². The maximum Gasteiger partial charge on any atom is 0.408 e. The van der Waals surface area contributed by atoms with E-state index in [1.54, 1.807) is 0 Å². The summed E-state index contributed by atoms with van der Waals surface area (Å²) in [6.45, 7) is 1.30. The number of halogens is 7. The van der Waals surface area contributed by atoms with Gasteiger partial charge in [-0.25, -0.2) is 8.78 Å². The first-order valence-electron chi connectivity index (χ1n) is 5.86. The lowest BCUT2D eigenvalue weighted by Gasteiger charge is -2.36. The van der Waals surface area contributed by atoms with Crippen molar-refractivity contribution >= 4 is 24.8 Å². The fraction of sp³-hybridized carbons (Fsp3) is 0.500. The smallest absolute Gasteiger partial charge is 0.314 e. The van der Waals surface area contributed by atoms with Crippen molar-refractivity contribution in [3.8, 4) is 0 Å². The molecular weight excluding hydrogens is 338 g/mol. The van der Waals surface area contributed by atoms with Crippen LogP contribution in [-0.4, -0.2) is 37.3 Å². The average Bonchev–Trinajstić information content (AvgIpc) is 2.34. The van der Waals surface area contributed by atoms with E-state index in [2.05, 4.69) is 5.32 Å². The fourth-order valence-corrected chi connectivity index (χ4v) is 2.23. The second-order valence-corrected chi connectivity index (χ2v) is 4.40. The zero-order valence-electron chi connectivity index (χ0n) is 10.8. The molecule has 0 amide bonds. The Hall–Kier alpha value is -0.630. The molecule has 1 atom stereocenters. The Bertz CT molecular complexity index is 450. The third-order valence-electron chi connectivity index (χ3n) is 3.09. The van der Waals surface area contributed by atoms with Crippen LogP contribution < -0.4 is 5.32 Å². The molecule has 21 heavy (non-hydrogen) atoms. The van der Waals surface area contributed by atoms with Crippen molar-refractivity contribution < 1.29 is 22.0 Å². The van der Waals surface area contributed by atoms with Gasteiger partial charge in [0.15, 0.2) is 11.6 Å². The Morgan fingerprint density at radius 1 is 1.00 bits per heavy atom. The molecule has 122 valence electrons. The molecule has 1 aromatic carbocycles. The molecule has 1 aliphatic heterocycles. The summed E-state index contributed by atoms with van der Waals surface area (Å²) in [6, 6.07) is 0.435. The number of nitrogens with one attached hydrogen (secondary N) is 1. The second-order valence-electron chi connectivity index (χ2n) is 4.40. The molecule has 1 fully saturated rings. The summed E-state index contributed by atoms with van der Waals surface area (Å²) in [7, 11) is 0. The van der Waals surface area contributed by atoms with Crippen molar-refractivity contribution in [1.29, 1.82) is 0 Å². The van der Waals surface area contributed by atoms with Crippen LogP contribution in [0.1, 0.15) is 11.6 Å². The first-order valence-corrected chi connectivity index (χ1v) is 5.86. The quantitative estimate of drug-likeness (QED) is 0.821. The molecule has 2 rings (SSSR count). The van der Waals surface area contributed by atoms with Gasteiger partial charge in [-0.2, -0.15) is 13.2 Å². The Labute approximate surface area is 131 Å². The number of benzene rings is 1. The first kappa shape index (κ1) is 20.4. The van der Waals surface area contributed by atoms with Gasteiger partial charge in [0.2, 0.25) is 0 Å². The second kappa shape index (κ2) is 8.12. The standard InChI is InChI=1S/C12H13F5N2.2ClH/c13-9-2-1-8(7-10(9)14)11(12(15,16)17)19-5-3-18-4-6-19;;/h1-2,7,11,18H,3-6H2;2*1H/t11-;;/m1../s1. The van der Waals surface area contributed by atoms with Gasteiger partial charge in [-0.15, -0.1) is 24.8 Å². The average molecular weight is 353 g/mol. The summed E-state index contributed by atoms with van der Waals surface area (Å²) in [6.07, 6.45) is -4.53. The third-order valence-corrected chi connectivity index (χ3v) is 3.09. The monoisotopic (exact) mass is 352 g/mol. The lowest BCUT2D eigenvalue weighted by Crippen LogP contribution is -2.49. The number of nitrogens with zero attached hydrogens (tertiary/aromatic N) is 1. The van der Waals surface area contributed by atoms with Gasteiger partial charge >= 0.3 is 6.18 Å². The van der Waals surface area contributed by atoms with E-state index in [0.717, 1.165) is 12.1 Å². The van der Waals surface area contributed by atoms with Crippen molar-refractivity contribution in [3.63, 3.8) is 0 Å². The molecule has 9 heteroatoms. The van der Waals surface area contributed by atoms with Gasteiger partial charge in [0.1, 0.15) is 6.04 Å². The number of piperazine rings is 1. The van der Waals surface area contributed by atoms with Crippen LogP contribution in [0, 0.1) is 11.6 Å². The van der Waals surface area contributed by atoms with Crippen LogP contribution in [0.25, 0.3) is 0 Å². The molecule has 2 nitrogen and oxygen atoms in total. The van der Waals surface area contributed by atoms with Crippen LogP contribution in [0.4, 0.5) is 22.0 Å². The maximum atomic E-state index is 13.1. The summed E-state index contributed by atoms with van der Waals surface area (Å²) in [5, 5.41) is 2.95. The molecule has 0 bridgehead atoms. The highest BCUT2D eigenvalue weighted by atomic mass is 35.5. The summed E-state index contributed by atoms with van der Waals surface area (Å²) in [4.78, 5) is 1.23. The Balaban J connectivity index is 0.00000200. The molecular formula is C12H15Cl2F5N2. The van der Waals surface area contributed by atoms with Crippen LogP contribution in [0.15, 0.2) is 18.2 Å². The Morgan fingerprint density at radius 3 is 2.05 bits per heavy atom. The predicted molar refractivity (Wildman–Crippen MR) is 74.1 cm³/mol. The highest BCUT2D eigenvalue weighted by Crippen LogP contribution is 2.38. The maximum absolute atomic E-state index is 13.1. The molecule has 0 saturated carbocycles. The minimum absolute atomic E-state index is 0. The van der Waals surface area contributed by atoms with Crippen LogP contribution >= 0.6 is 24.8 Å². The molecule has 1 saturated heterocycles. The SMILES string of the molecule is Cl.Cl.Fc1ccc([C@@H](N2CCNCC2)C(F)(F)F)cc1F. The lowest BCUT2D eigenvalue weighted by molar-refractivity contribution is -0.187. The van der Waals surface area contributed by atoms with E-state index in [1.165, 1.54) is 4.90 Å². The van der Waals surface area contributed by atoms with E-state index in [-0.39, 0.29) is 43.5 Å². The zero-order chi connectivity index (χ0) is 14.0.